The molecule has 0 aliphatic rings. The highest BCUT2D eigenvalue weighted by Gasteiger charge is 2.37. The Morgan fingerprint density at radius 1 is 1.33 bits per heavy atom. The first-order valence-corrected chi connectivity index (χ1v) is 6.17. The predicted octanol–water partition coefficient (Wildman–Crippen LogP) is 1.36. The molecule has 0 amide bonds. The lowest BCUT2D eigenvalue weighted by molar-refractivity contribution is -0.150. The summed E-state index contributed by atoms with van der Waals surface area (Å²) in [7, 11) is 3.91. The molecule has 1 rings (SSSR count). The zero-order valence-electron chi connectivity index (χ0n) is 11.3. The number of carbonyl (C=O) groups excluding carboxylic acids is 1. The van der Waals surface area contributed by atoms with E-state index in [-0.39, 0.29) is 5.97 Å². The highest BCUT2D eigenvalue weighted by Crippen LogP contribution is 2.24. The molecule has 2 N–H and O–H groups in total. The maximum absolute atomic E-state index is 12.1. The predicted molar refractivity (Wildman–Crippen MR) is 72.1 cm³/mol. The van der Waals surface area contributed by atoms with E-state index in [4.69, 9.17) is 10.5 Å². The molecule has 100 valence electrons. The second-order valence-electron chi connectivity index (χ2n) is 4.61. The Bertz CT molecular complexity index is 379. The Balaban J connectivity index is 2.97. The smallest absolute Gasteiger partial charge is 0.330 e. The van der Waals surface area contributed by atoms with Crippen LogP contribution in [0.2, 0.25) is 0 Å². The first kappa shape index (κ1) is 14.7. The van der Waals surface area contributed by atoms with Crippen LogP contribution in [-0.4, -0.2) is 38.1 Å². The molecule has 0 saturated heterocycles. The van der Waals surface area contributed by atoms with Crippen molar-refractivity contribution in [2.45, 2.75) is 18.9 Å². The molecule has 0 aliphatic heterocycles. The molecule has 0 aliphatic carbocycles. The van der Waals surface area contributed by atoms with Crippen molar-refractivity contribution in [3.8, 4) is 0 Å². The number of hydrogen-bond acceptors (Lipinski definition) is 4. The van der Waals surface area contributed by atoms with E-state index in [9.17, 15) is 4.79 Å². The maximum atomic E-state index is 12.1. The summed E-state index contributed by atoms with van der Waals surface area (Å²) in [5.41, 5.74) is 6.02. The number of rotatable bonds is 6. The van der Waals surface area contributed by atoms with Gasteiger partial charge in [-0.2, -0.15) is 0 Å². The number of nitrogens with zero attached hydrogens (tertiary/aromatic N) is 1. The molecule has 0 radical (unpaired) electrons. The van der Waals surface area contributed by atoms with Crippen molar-refractivity contribution in [2.75, 3.05) is 27.2 Å². The Labute approximate surface area is 109 Å². The summed E-state index contributed by atoms with van der Waals surface area (Å²) in [5.74, 6) is -0.363. The molecule has 18 heavy (non-hydrogen) atoms. The van der Waals surface area contributed by atoms with E-state index in [0.717, 1.165) is 12.1 Å². The van der Waals surface area contributed by atoms with E-state index < -0.39 is 5.54 Å². The zero-order valence-corrected chi connectivity index (χ0v) is 11.3. The molecule has 4 nitrogen and oxygen atoms in total. The fraction of sp³-hybridized carbons (Fsp3) is 0.500. The fourth-order valence-corrected chi connectivity index (χ4v) is 1.76. The lowest BCUT2D eigenvalue weighted by Gasteiger charge is -2.28. The minimum Gasteiger partial charge on any atom is -0.464 e. The summed E-state index contributed by atoms with van der Waals surface area (Å²) in [6, 6.07) is 9.40. The van der Waals surface area contributed by atoms with Crippen LogP contribution in [0.25, 0.3) is 0 Å². The molecule has 1 aromatic rings. The van der Waals surface area contributed by atoms with Crippen LogP contribution in [0.5, 0.6) is 0 Å². The third kappa shape index (κ3) is 3.55. The summed E-state index contributed by atoms with van der Waals surface area (Å²) in [6.45, 7) is 2.85. The zero-order chi connectivity index (χ0) is 13.6. The summed E-state index contributed by atoms with van der Waals surface area (Å²) in [5, 5.41) is 0. The standard InChI is InChI=1S/C14H22N2O2/c1-4-18-13(17)14(15,10-11-16(2)3)12-8-6-5-7-9-12/h5-9H,4,10-11,15H2,1-3H3. The van der Waals surface area contributed by atoms with Crippen LogP contribution in [0.4, 0.5) is 0 Å². The summed E-state index contributed by atoms with van der Waals surface area (Å²) in [4.78, 5) is 14.1. The van der Waals surface area contributed by atoms with Crippen molar-refractivity contribution in [1.82, 2.24) is 4.90 Å². The van der Waals surface area contributed by atoms with Crippen LogP contribution in [0.3, 0.4) is 0 Å². The summed E-state index contributed by atoms with van der Waals surface area (Å²) < 4.78 is 5.11. The number of carbonyl (C=O) groups is 1. The molecule has 1 aromatic carbocycles. The van der Waals surface area contributed by atoms with Gasteiger partial charge in [0.05, 0.1) is 6.61 Å². The van der Waals surface area contributed by atoms with E-state index in [2.05, 4.69) is 0 Å². The van der Waals surface area contributed by atoms with Gasteiger partial charge in [-0.25, -0.2) is 4.79 Å². The van der Waals surface area contributed by atoms with Crippen molar-refractivity contribution in [2.24, 2.45) is 5.73 Å². The molecular formula is C14H22N2O2. The molecular weight excluding hydrogens is 228 g/mol. The van der Waals surface area contributed by atoms with E-state index in [1.165, 1.54) is 0 Å². The lowest BCUT2D eigenvalue weighted by Crippen LogP contribution is -2.47. The molecule has 0 fully saturated rings. The second-order valence-corrected chi connectivity index (χ2v) is 4.61. The van der Waals surface area contributed by atoms with Gasteiger partial charge in [-0.15, -0.1) is 0 Å². The minimum atomic E-state index is -1.07. The Kier molecular flexibility index (Phi) is 5.31. The van der Waals surface area contributed by atoms with Crippen molar-refractivity contribution < 1.29 is 9.53 Å². The largest absolute Gasteiger partial charge is 0.464 e. The van der Waals surface area contributed by atoms with Crippen LogP contribution >= 0.6 is 0 Å². The molecule has 1 unspecified atom stereocenters. The van der Waals surface area contributed by atoms with Crippen LogP contribution in [-0.2, 0) is 15.1 Å². The maximum Gasteiger partial charge on any atom is 0.330 e. The van der Waals surface area contributed by atoms with Gasteiger partial charge in [0.15, 0.2) is 0 Å². The van der Waals surface area contributed by atoms with Crippen LogP contribution < -0.4 is 5.73 Å². The quantitative estimate of drug-likeness (QED) is 0.774. The van der Waals surface area contributed by atoms with Crippen molar-refractivity contribution in [1.29, 1.82) is 0 Å². The summed E-state index contributed by atoms with van der Waals surface area (Å²) >= 11 is 0. The first-order valence-electron chi connectivity index (χ1n) is 6.17. The third-order valence-electron chi connectivity index (χ3n) is 2.88. The highest BCUT2D eigenvalue weighted by atomic mass is 16.5. The number of esters is 1. The van der Waals surface area contributed by atoms with E-state index >= 15 is 0 Å². The SMILES string of the molecule is CCOC(=O)C(N)(CCN(C)C)c1ccccc1. The topological polar surface area (TPSA) is 55.6 Å². The number of benzene rings is 1. The van der Waals surface area contributed by atoms with Gasteiger partial charge in [-0.05, 0) is 33.0 Å². The summed E-state index contributed by atoms with van der Waals surface area (Å²) in [6.07, 6.45) is 0.531. The molecule has 0 saturated carbocycles. The van der Waals surface area contributed by atoms with E-state index in [0.29, 0.717) is 13.0 Å². The van der Waals surface area contributed by atoms with Gasteiger partial charge >= 0.3 is 5.97 Å². The normalized spacial score (nSPS) is 14.3. The lowest BCUT2D eigenvalue weighted by atomic mass is 9.87. The van der Waals surface area contributed by atoms with Crippen molar-refractivity contribution in [3.63, 3.8) is 0 Å². The molecule has 0 heterocycles. The van der Waals surface area contributed by atoms with Crippen molar-refractivity contribution in [3.05, 3.63) is 35.9 Å². The fourth-order valence-electron chi connectivity index (χ4n) is 1.76. The monoisotopic (exact) mass is 250 g/mol. The van der Waals surface area contributed by atoms with E-state index in [1.54, 1.807) is 6.92 Å². The number of ether oxygens (including phenoxy) is 1. The van der Waals surface area contributed by atoms with Crippen LogP contribution in [0.15, 0.2) is 30.3 Å². The van der Waals surface area contributed by atoms with E-state index in [1.807, 2.05) is 49.3 Å². The van der Waals surface area contributed by atoms with Gasteiger partial charge in [0.25, 0.3) is 0 Å². The van der Waals surface area contributed by atoms with Gasteiger partial charge in [-0.1, -0.05) is 30.3 Å². The van der Waals surface area contributed by atoms with Crippen LogP contribution in [0, 0.1) is 0 Å². The molecule has 0 spiro atoms. The number of hydrogen-bond donors (Lipinski definition) is 1. The van der Waals surface area contributed by atoms with Gasteiger partial charge in [0.2, 0.25) is 0 Å². The van der Waals surface area contributed by atoms with Crippen molar-refractivity contribution >= 4 is 5.97 Å². The average molecular weight is 250 g/mol. The van der Waals surface area contributed by atoms with Gasteiger partial charge < -0.3 is 15.4 Å². The van der Waals surface area contributed by atoms with Gasteiger partial charge in [0.1, 0.15) is 5.54 Å². The van der Waals surface area contributed by atoms with Gasteiger partial charge in [-0.3, -0.25) is 0 Å². The minimum absolute atomic E-state index is 0.340. The number of nitrogens with two attached hydrogens (primary N) is 1. The molecule has 4 heteroatoms. The highest BCUT2D eigenvalue weighted by molar-refractivity contribution is 5.82. The Morgan fingerprint density at radius 3 is 2.44 bits per heavy atom. The first-order chi connectivity index (χ1) is 8.50. The second kappa shape index (κ2) is 6.52. The molecule has 0 aromatic heterocycles. The average Bonchev–Trinajstić information content (AvgIpc) is 2.37. The molecule has 1 atom stereocenters. The third-order valence-corrected chi connectivity index (χ3v) is 2.88. The Hall–Kier alpha value is -1.39. The van der Waals surface area contributed by atoms with Gasteiger partial charge in [0, 0.05) is 6.54 Å². The van der Waals surface area contributed by atoms with Crippen LogP contribution in [0.1, 0.15) is 18.9 Å². The Morgan fingerprint density at radius 2 is 1.94 bits per heavy atom. The molecule has 0 bridgehead atoms.